The maximum Gasteiger partial charge on any atom is 0.251 e. The summed E-state index contributed by atoms with van der Waals surface area (Å²) in [4.78, 5) is 11.8. The van der Waals surface area contributed by atoms with E-state index >= 15 is 0 Å². The molecule has 0 fully saturated rings. The minimum atomic E-state index is -0.412. The fourth-order valence-electron chi connectivity index (χ4n) is 1.25. The number of ether oxygens (including phenoxy) is 1. The van der Waals surface area contributed by atoms with Crippen LogP contribution in [0.4, 0.5) is 4.39 Å². The lowest BCUT2D eigenvalue weighted by atomic mass is 10.1. The molecule has 0 aliphatic heterocycles. The van der Waals surface area contributed by atoms with Crippen molar-refractivity contribution in [1.82, 2.24) is 5.32 Å². The van der Waals surface area contributed by atoms with Gasteiger partial charge in [-0.05, 0) is 44.5 Å². The number of rotatable bonds is 4. The molecule has 0 radical (unpaired) electrons. The fourth-order valence-corrected chi connectivity index (χ4v) is 1.25. The quantitative estimate of drug-likeness (QED) is 0.875. The number of benzene rings is 1. The summed E-state index contributed by atoms with van der Waals surface area (Å²) in [6.07, 6.45) is 0. The molecule has 0 aliphatic carbocycles. The number of carbonyl (C=O) groups is 1. The Morgan fingerprint density at radius 1 is 1.47 bits per heavy atom. The topological polar surface area (TPSA) is 38.3 Å². The molecule has 1 aromatic carbocycles. The Balaban J connectivity index is 2.68. The van der Waals surface area contributed by atoms with E-state index in [1.807, 2.05) is 13.8 Å². The molecule has 0 bridgehead atoms. The first-order chi connectivity index (χ1) is 7.85. The minimum Gasteiger partial charge on any atom is -0.377 e. The Morgan fingerprint density at radius 2 is 2.12 bits per heavy atom. The van der Waals surface area contributed by atoms with Gasteiger partial charge in [0.15, 0.2) is 0 Å². The predicted molar refractivity (Wildman–Crippen MR) is 64.6 cm³/mol. The van der Waals surface area contributed by atoms with Crippen LogP contribution in [0.2, 0.25) is 0 Å². The maximum atomic E-state index is 13.0. The van der Waals surface area contributed by atoms with E-state index in [2.05, 4.69) is 5.32 Å². The molecule has 0 saturated carbocycles. The molecule has 0 heterocycles. The van der Waals surface area contributed by atoms with Crippen LogP contribution < -0.4 is 5.32 Å². The van der Waals surface area contributed by atoms with Crippen LogP contribution >= 0.6 is 0 Å². The number of carbonyl (C=O) groups excluding carboxylic acids is 1. The largest absolute Gasteiger partial charge is 0.377 e. The normalized spacial score (nSPS) is 11.4. The number of aryl methyl sites for hydroxylation is 1. The highest BCUT2D eigenvalue weighted by atomic mass is 19.1. The van der Waals surface area contributed by atoms with Crippen molar-refractivity contribution in [2.75, 3.05) is 13.7 Å². The highest BCUT2D eigenvalue weighted by Crippen LogP contribution is 2.10. The third-order valence-corrected chi connectivity index (χ3v) is 2.65. The van der Waals surface area contributed by atoms with Crippen LogP contribution in [0.1, 0.15) is 29.8 Å². The predicted octanol–water partition coefficient (Wildman–Crippen LogP) is 2.29. The summed E-state index contributed by atoms with van der Waals surface area (Å²) in [5, 5.41) is 2.75. The summed E-state index contributed by atoms with van der Waals surface area (Å²) in [7, 11) is 1.59. The van der Waals surface area contributed by atoms with Gasteiger partial charge in [0.05, 0.1) is 5.60 Å². The molecule has 0 aromatic heterocycles. The molecule has 3 nitrogen and oxygen atoms in total. The van der Waals surface area contributed by atoms with Gasteiger partial charge < -0.3 is 10.1 Å². The Hall–Kier alpha value is -1.42. The number of hydrogen-bond donors (Lipinski definition) is 1. The van der Waals surface area contributed by atoms with Crippen molar-refractivity contribution < 1.29 is 13.9 Å². The zero-order valence-electron chi connectivity index (χ0n) is 10.6. The SMILES string of the molecule is COC(C)(C)CNC(=O)c1ccc(F)c(C)c1. The average molecular weight is 239 g/mol. The molecule has 0 unspecified atom stereocenters. The average Bonchev–Trinajstić information content (AvgIpc) is 2.30. The molecule has 94 valence electrons. The Morgan fingerprint density at radius 3 is 2.65 bits per heavy atom. The van der Waals surface area contributed by atoms with E-state index in [-0.39, 0.29) is 11.7 Å². The number of hydrogen-bond acceptors (Lipinski definition) is 2. The molecule has 0 saturated heterocycles. The van der Waals surface area contributed by atoms with Crippen LogP contribution in [-0.2, 0) is 4.74 Å². The van der Waals surface area contributed by atoms with Gasteiger partial charge in [-0.2, -0.15) is 0 Å². The second kappa shape index (κ2) is 5.27. The van der Waals surface area contributed by atoms with Gasteiger partial charge in [0.25, 0.3) is 5.91 Å². The lowest BCUT2D eigenvalue weighted by Gasteiger charge is -2.23. The number of nitrogens with one attached hydrogen (secondary N) is 1. The van der Waals surface area contributed by atoms with Crippen LogP contribution in [0.15, 0.2) is 18.2 Å². The van der Waals surface area contributed by atoms with Gasteiger partial charge in [-0.25, -0.2) is 4.39 Å². The minimum absolute atomic E-state index is 0.224. The number of amides is 1. The Bertz CT molecular complexity index is 416. The second-order valence-corrected chi connectivity index (χ2v) is 4.61. The van der Waals surface area contributed by atoms with E-state index in [1.165, 1.54) is 18.2 Å². The zero-order valence-corrected chi connectivity index (χ0v) is 10.6. The molecule has 0 spiro atoms. The van der Waals surface area contributed by atoms with Crippen molar-refractivity contribution in [3.63, 3.8) is 0 Å². The molecule has 0 aliphatic rings. The third kappa shape index (κ3) is 3.82. The lowest BCUT2D eigenvalue weighted by molar-refractivity contribution is 0.0229. The van der Waals surface area contributed by atoms with Gasteiger partial charge in [0.2, 0.25) is 0 Å². The molecule has 1 aromatic rings. The standard InChI is InChI=1S/C13H18FNO2/c1-9-7-10(5-6-11(9)14)12(16)15-8-13(2,3)17-4/h5-7H,8H2,1-4H3,(H,15,16). The van der Waals surface area contributed by atoms with E-state index in [0.717, 1.165) is 0 Å². The molecule has 1 N–H and O–H groups in total. The van der Waals surface area contributed by atoms with Gasteiger partial charge in [-0.3, -0.25) is 4.79 Å². The van der Waals surface area contributed by atoms with Gasteiger partial charge >= 0.3 is 0 Å². The van der Waals surface area contributed by atoms with E-state index in [9.17, 15) is 9.18 Å². The lowest BCUT2D eigenvalue weighted by Crippen LogP contribution is -2.39. The van der Waals surface area contributed by atoms with Crippen molar-refractivity contribution in [2.24, 2.45) is 0 Å². The summed E-state index contributed by atoms with van der Waals surface area (Å²) in [5.41, 5.74) is 0.504. The van der Waals surface area contributed by atoms with Gasteiger partial charge in [-0.15, -0.1) is 0 Å². The summed E-state index contributed by atoms with van der Waals surface area (Å²) < 4.78 is 18.2. The first kappa shape index (κ1) is 13.6. The molecular formula is C13H18FNO2. The fraction of sp³-hybridized carbons (Fsp3) is 0.462. The van der Waals surface area contributed by atoms with E-state index in [4.69, 9.17) is 4.74 Å². The van der Waals surface area contributed by atoms with Crippen molar-refractivity contribution in [3.8, 4) is 0 Å². The first-order valence-corrected chi connectivity index (χ1v) is 5.45. The molecular weight excluding hydrogens is 221 g/mol. The maximum absolute atomic E-state index is 13.0. The van der Waals surface area contributed by atoms with Crippen LogP contribution in [0.3, 0.4) is 0 Å². The van der Waals surface area contributed by atoms with Gasteiger partial charge in [-0.1, -0.05) is 0 Å². The van der Waals surface area contributed by atoms with Crippen LogP contribution in [0.5, 0.6) is 0 Å². The van der Waals surface area contributed by atoms with Crippen LogP contribution in [0.25, 0.3) is 0 Å². The monoisotopic (exact) mass is 239 g/mol. The zero-order chi connectivity index (χ0) is 13.1. The molecule has 17 heavy (non-hydrogen) atoms. The third-order valence-electron chi connectivity index (χ3n) is 2.65. The molecule has 1 amide bonds. The molecule has 4 heteroatoms. The van der Waals surface area contributed by atoms with Crippen molar-refractivity contribution in [3.05, 3.63) is 35.1 Å². The van der Waals surface area contributed by atoms with E-state index in [1.54, 1.807) is 14.0 Å². The van der Waals surface area contributed by atoms with Crippen molar-refractivity contribution in [2.45, 2.75) is 26.4 Å². The summed E-state index contributed by atoms with van der Waals surface area (Å²) in [5.74, 6) is -0.531. The van der Waals surface area contributed by atoms with Crippen molar-refractivity contribution >= 4 is 5.91 Å². The van der Waals surface area contributed by atoms with E-state index in [0.29, 0.717) is 17.7 Å². The highest BCUT2D eigenvalue weighted by Gasteiger charge is 2.18. The van der Waals surface area contributed by atoms with E-state index < -0.39 is 5.60 Å². The van der Waals surface area contributed by atoms with Gasteiger partial charge in [0.1, 0.15) is 5.82 Å². The first-order valence-electron chi connectivity index (χ1n) is 5.45. The van der Waals surface area contributed by atoms with Crippen molar-refractivity contribution in [1.29, 1.82) is 0 Å². The number of methoxy groups -OCH3 is 1. The second-order valence-electron chi connectivity index (χ2n) is 4.61. The Kier molecular flexibility index (Phi) is 4.23. The Labute approximate surface area is 101 Å². The summed E-state index contributed by atoms with van der Waals surface area (Å²) in [6.45, 7) is 5.79. The molecule has 0 atom stereocenters. The smallest absolute Gasteiger partial charge is 0.251 e. The van der Waals surface area contributed by atoms with Crippen LogP contribution in [-0.4, -0.2) is 25.2 Å². The van der Waals surface area contributed by atoms with Gasteiger partial charge in [0, 0.05) is 19.2 Å². The summed E-state index contributed by atoms with van der Waals surface area (Å²) in [6, 6.07) is 4.30. The van der Waals surface area contributed by atoms with Crippen LogP contribution in [0, 0.1) is 12.7 Å². The highest BCUT2D eigenvalue weighted by molar-refractivity contribution is 5.94. The number of halogens is 1. The molecule has 1 rings (SSSR count). The summed E-state index contributed by atoms with van der Waals surface area (Å²) >= 11 is 0.